The number of pyridine rings is 1. The summed E-state index contributed by atoms with van der Waals surface area (Å²) in [5.41, 5.74) is 1.21. The fourth-order valence-electron chi connectivity index (χ4n) is 2.82. The molecule has 0 aliphatic heterocycles. The van der Waals surface area contributed by atoms with E-state index in [-0.39, 0.29) is 11.1 Å². The number of furan rings is 1. The molecule has 3 aromatic heterocycles. The molecule has 0 bridgehead atoms. The van der Waals surface area contributed by atoms with Gasteiger partial charge in [-0.25, -0.2) is 4.98 Å². The normalized spacial score (nSPS) is 12.3. The number of aromatic nitrogens is 3. The van der Waals surface area contributed by atoms with Crippen LogP contribution in [0.2, 0.25) is 0 Å². The third-order valence-corrected chi connectivity index (χ3v) is 5.33. The zero-order valence-corrected chi connectivity index (χ0v) is 18.2. The van der Waals surface area contributed by atoms with Gasteiger partial charge in [0.15, 0.2) is 0 Å². The molecule has 0 aromatic carbocycles. The minimum Gasteiger partial charge on any atom is -0.464 e. The third-order valence-electron chi connectivity index (χ3n) is 4.34. The molecular weight excluding hydrogens is 402 g/mol. The van der Waals surface area contributed by atoms with Crippen molar-refractivity contribution in [2.75, 3.05) is 31.7 Å². The molecule has 30 heavy (non-hydrogen) atoms. The van der Waals surface area contributed by atoms with Gasteiger partial charge in [-0.3, -0.25) is 14.8 Å². The molecule has 0 saturated carbocycles. The molecule has 0 saturated heterocycles. The van der Waals surface area contributed by atoms with E-state index in [9.17, 15) is 9.90 Å². The van der Waals surface area contributed by atoms with Crippen molar-refractivity contribution in [2.45, 2.75) is 25.3 Å². The fourth-order valence-corrected chi connectivity index (χ4v) is 3.57. The number of aryl methyl sites for hydroxylation is 1. The second-order valence-electron chi connectivity index (χ2n) is 7.24. The molecule has 3 rings (SSSR count). The van der Waals surface area contributed by atoms with Crippen molar-refractivity contribution in [1.82, 2.24) is 19.9 Å². The first-order valence-electron chi connectivity index (χ1n) is 9.66. The van der Waals surface area contributed by atoms with Crippen LogP contribution in [0, 0.1) is 6.92 Å². The van der Waals surface area contributed by atoms with E-state index in [4.69, 9.17) is 4.42 Å². The first-order valence-corrected chi connectivity index (χ1v) is 10.8. The standard InChI is InChI=1S/C21H27N5O3S/c1-14-4-5-15(10-23-14)19(27)18-11-24-21(25-20(18)28)22-8-9-30-13-17-7-6-16(29-17)12-26(2)3/h4-7,10-11,19,27H,8-9,12-13H2,1-3H3,(H2,22,24,25,28). The summed E-state index contributed by atoms with van der Waals surface area (Å²) in [6, 6.07) is 7.55. The van der Waals surface area contributed by atoms with Gasteiger partial charge in [0.25, 0.3) is 5.56 Å². The summed E-state index contributed by atoms with van der Waals surface area (Å²) in [5, 5.41) is 13.5. The van der Waals surface area contributed by atoms with Gasteiger partial charge in [-0.05, 0) is 39.2 Å². The minimum atomic E-state index is -1.07. The predicted molar refractivity (Wildman–Crippen MR) is 119 cm³/mol. The molecule has 0 spiro atoms. The number of rotatable bonds is 10. The topological polar surface area (TPSA) is 107 Å². The summed E-state index contributed by atoms with van der Waals surface area (Å²) in [6.45, 7) is 3.29. The highest BCUT2D eigenvalue weighted by Gasteiger charge is 2.15. The van der Waals surface area contributed by atoms with Crippen LogP contribution in [-0.2, 0) is 12.3 Å². The summed E-state index contributed by atoms with van der Waals surface area (Å²) in [7, 11) is 4.02. The number of nitrogens with one attached hydrogen (secondary N) is 2. The first kappa shape index (κ1) is 22.1. The maximum Gasteiger partial charge on any atom is 0.258 e. The lowest BCUT2D eigenvalue weighted by Crippen LogP contribution is -2.20. The van der Waals surface area contributed by atoms with Gasteiger partial charge in [0.1, 0.15) is 17.6 Å². The highest BCUT2D eigenvalue weighted by Crippen LogP contribution is 2.18. The van der Waals surface area contributed by atoms with Crippen LogP contribution in [0.3, 0.4) is 0 Å². The Morgan fingerprint density at radius 1 is 1.20 bits per heavy atom. The molecule has 3 N–H and O–H groups in total. The lowest BCUT2D eigenvalue weighted by atomic mass is 10.1. The number of aliphatic hydroxyl groups is 1. The Hall–Kier alpha value is -2.62. The number of nitrogens with zero attached hydrogens (tertiary/aromatic N) is 3. The van der Waals surface area contributed by atoms with Crippen LogP contribution in [0.4, 0.5) is 5.95 Å². The number of aliphatic hydroxyl groups excluding tert-OH is 1. The lowest BCUT2D eigenvalue weighted by Gasteiger charge is -2.11. The molecule has 0 aliphatic rings. The first-order chi connectivity index (χ1) is 14.4. The van der Waals surface area contributed by atoms with Gasteiger partial charge in [-0.1, -0.05) is 6.07 Å². The molecule has 1 unspecified atom stereocenters. The lowest BCUT2D eigenvalue weighted by molar-refractivity contribution is 0.217. The molecular formula is C21H27N5O3S. The molecule has 0 fully saturated rings. The van der Waals surface area contributed by atoms with E-state index in [1.807, 2.05) is 33.2 Å². The monoisotopic (exact) mass is 429 g/mol. The molecule has 0 amide bonds. The average molecular weight is 430 g/mol. The number of aromatic amines is 1. The van der Waals surface area contributed by atoms with Gasteiger partial charge >= 0.3 is 0 Å². The number of anilines is 1. The quantitative estimate of drug-likeness (QED) is 0.422. The number of H-pyrrole nitrogens is 1. The van der Waals surface area contributed by atoms with E-state index in [0.717, 1.165) is 35.3 Å². The molecule has 160 valence electrons. The van der Waals surface area contributed by atoms with Gasteiger partial charge in [0, 0.05) is 35.9 Å². The van der Waals surface area contributed by atoms with E-state index in [1.54, 1.807) is 30.1 Å². The Kier molecular flexibility index (Phi) is 7.67. The van der Waals surface area contributed by atoms with E-state index in [2.05, 4.69) is 25.2 Å². The Morgan fingerprint density at radius 2 is 2.00 bits per heavy atom. The second-order valence-corrected chi connectivity index (χ2v) is 8.34. The van der Waals surface area contributed by atoms with Gasteiger partial charge < -0.3 is 19.7 Å². The van der Waals surface area contributed by atoms with E-state index < -0.39 is 6.10 Å². The van der Waals surface area contributed by atoms with Crippen molar-refractivity contribution in [2.24, 2.45) is 0 Å². The Labute approximate surface area is 179 Å². The third kappa shape index (κ3) is 6.19. The largest absolute Gasteiger partial charge is 0.464 e. The molecule has 0 radical (unpaired) electrons. The summed E-state index contributed by atoms with van der Waals surface area (Å²) in [4.78, 5) is 25.4. The van der Waals surface area contributed by atoms with E-state index in [0.29, 0.717) is 18.1 Å². The van der Waals surface area contributed by atoms with Crippen LogP contribution in [-0.4, -0.2) is 51.4 Å². The summed E-state index contributed by atoms with van der Waals surface area (Å²) in [6.07, 6.45) is 1.89. The Balaban J connectivity index is 1.46. The van der Waals surface area contributed by atoms with Crippen molar-refractivity contribution in [3.63, 3.8) is 0 Å². The zero-order valence-electron chi connectivity index (χ0n) is 17.4. The average Bonchev–Trinajstić information content (AvgIpc) is 3.14. The number of hydrogen-bond acceptors (Lipinski definition) is 8. The van der Waals surface area contributed by atoms with Gasteiger partial charge in [0.2, 0.25) is 5.95 Å². The fraction of sp³-hybridized carbons (Fsp3) is 0.381. The highest BCUT2D eigenvalue weighted by atomic mass is 32.2. The van der Waals surface area contributed by atoms with E-state index in [1.165, 1.54) is 6.20 Å². The summed E-state index contributed by atoms with van der Waals surface area (Å²) in [5.74, 6) is 3.90. The van der Waals surface area contributed by atoms with Crippen LogP contribution in [0.5, 0.6) is 0 Å². The van der Waals surface area contributed by atoms with Crippen LogP contribution in [0.1, 0.15) is 34.4 Å². The number of thioether (sulfide) groups is 1. The van der Waals surface area contributed by atoms with Crippen molar-refractivity contribution in [3.8, 4) is 0 Å². The highest BCUT2D eigenvalue weighted by molar-refractivity contribution is 7.98. The molecule has 3 aromatic rings. The van der Waals surface area contributed by atoms with E-state index >= 15 is 0 Å². The van der Waals surface area contributed by atoms with Gasteiger partial charge in [-0.2, -0.15) is 11.8 Å². The summed E-state index contributed by atoms with van der Waals surface area (Å²) < 4.78 is 5.78. The zero-order chi connectivity index (χ0) is 21.5. The van der Waals surface area contributed by atoms with Crippen molar-refractivity contribution >= 4 is 17.7 Å². The molecule has 8 nitrogen and oxygen atoms in total. The maximum atomic E-state index is 12.3. The van der Waals surface area contributed by atoms with Crippen molar-refractivity contribution in [1.29, 1.82) is 0 Å². The van der Waals surface area contributed by atoms with Crippen LogP contribution < -0.4 is 10.9 Å². The van der Waals surface area contributed by atoms with Gasteiger partial charge in [-0.15, -0.1) is 0 Å². The second kappa shape index (κ2) is 10.4. The van der Waals surface area contributed by atoms with Crippen molar-refractivity contribution < 1.29 is 9.52 Å². The molecule has 9 heteroatoms. The van der Waals surface area contributed by atoms with Gasteiger partial charge in [0.05, 0.1) is 17.9 Å². The predicted octanol–water partition coefficient (Wildman–Crippen LogP) is 2.55. The SMILES string of the molecule is Cc1ccc(C(O)c2cnc(NCCSCc3ccc(CN(C)C)o3)[nH]c2=O)cn1. The molecule has 0 aliphatic carbocycles. The minimum absolute atomic E-state index is 0.187. The van der Waals surface area contributed by atoms with Crippen LogP contribution >= 0.6 is 11.8 Å². The summed E-state index contributed by atoms with van der Waals surface area (Å²) >= 11 is 1.73. The van der Waals surface area contributed by atoms with Crippen LogP contribution in [0.25, 0.3) is 0 Å². The maximum absolute atomic E-state index is 12.3. The smallest absolute Gasteiger partial charge is 0.258 e. The molecule has 3 heterocycles. The van der Waals surface area contributed by atoms with Crippen LogP contribution in [0.15, 0.2) is 45.9 Å². The number of hydrogen-bond donors (Lipinski definition) is 3. The Morgan fingerprint density at radius 3 is 2.70 bits per heavy atom. The molecule has 1 atom stereocenters. The Bertz CT molecular complexity index is 1000. The van der Waals surface area contributed by atoms with Crippen molar-refractivity contribution in [3.05, 3.63) is 75.4 Å².